The van der Waals surface area contributed by atoms with Crippen molar-refractivity contribution in [3.05, 3.63) is 35.4 Å². The molecule has 1 fully saturated rings. The number of aliphatic hydroxyl groups is 1. The van der Waals surface area contributed by atoms with Crippen LogP contribution in [0.1, 0.15) is 30.4 Å². The van der Waals surface area contributed by atoms with Gasteiger partial charge in [-0.15, -0.1) is 0 Å². The van der Waals surface area contributed by atoms with Gasteiger partial charge in [-0.1, -0.05) is 31.2 Å². The minimum atomic E-state index is -0.183. The van der Waals surface area contributed by atoms with Gasteiger partial charge in [0, 0.05) is 18.5 Å². The fraction of sp³-hybridized carbons (Fsp3) is 0.600. The average molecular weight is 231 g/mol. The third kappa shape index (κ3) is 1.71. The summed E-state index contributed by atoms with van der Waals surface area (Å²) < 4.78 is 0. The lowest BCUT2D eigenvalue weighted by Crippen LogP contribution is -2.53. The maximum Gasteiger partial charge on any atom is 0.0661 e. The van der Waals surface area contributed by atoms with Gasteiger partial charge < -0.3 is 10.0 Å². The number of rotatable bonds is 0. The fourth-order valence-electron chi connectivity index (χ4n) is 3.73. The van der Waals surface area contributed by atoms with Crippen LogP contribution in [0.15, 0.2) is 24.3 Å². The molecule has 17 heavy (non-hydrogen) atoms. The van der Waals surface area contributed by atoms with E-state index in [2.05, 4.69) is 43.1 Å². The van der Waals surface area contributed by atoms with E-state index in [1.807, 2.05) is 0 Å². The first-order chi connectivity index (χ1) is 8.18. The van der Waals surface area contributed by atoms with Crippen molar-refractivity contribution in [2.45, 2.75) is 37.8 Å². The lowest BCUT2D eigenvalue weighted by Gasteiger charge is -2.48. The highest BCUT2D eigenvalue weighted by atomic mass is 16.3. The Morgan fingerprint density at radius 1 is 1.29 bits per heavy atom. The van der Waals surface area contributed by atoms with Gasteiger partial charge >= 0.3 is 0 Å². The Labute approximate surface area is 103 Å². The van der Waals surface area contributed by atoms with Gasteiger partial charge in [0.15, 0.2) is 0 Å². The van der Waals surface area contributed by atoms with Crippen molar-refractivity contribution in [2.24, 2.45) is 5.92 Å². The molecule has 0 bridgehead atoms. The summed E-state index contributed by atoms with van der Waals surface area (Å²) in [5.41, 5.74) is 2.82. The number of aryl methyl sites for hydroxylation is 1. The van der Waals surface area contributed by atoms with Crippen molar-refractivity contribution in [1.29, 1.82) is 0 Å². The van der Waals surface area contributed by atoms with Crippen LogP contribution in [-0.2, 0) is 6.42 Å². The summed E-state index contributed by atoms with van der Waals surface area (Å²) in [4.78, 5) is 2.44. The summed E-state index contributed by atoms with van der Waals surface area (Å²) in [5, 5.41) is 10.5. The van der Waals surface area contributed by atoms with Gasteiger partial charge in [0.2, 0.25) is 0 Å². The second-order valence-electron chi connectivity index (χ2n) is 5.74. The molecule has 4 atom stereocenters. The minimum absolute atomic E-state index is 0.183. The number of likely N-dealkylation sites (N-methyl/N-ethyl adjacent to an activating group) is 1. The van der Waals surface area contributed by atoms with Gasteiger partial charge in [-0.25, -0.2) is 0 Å². The number of hydrogen-bond donors (Lipinski definition) is 1. The Morgan fingerprint density at radius 2 is 2.06 bits per heavy atom. The van der Waals surface area contributed by atoms with Crippen LogP contribution < -0.4 is 0 Å². The second kappa shape index (κ2) is 4.11. The fourth-order valence-corrected chi connectivity index (χ4v) is 3.73. The van der Waals surface area contributed by atoms with E-state index in [1.54, 1.807) is 0 Å². The molecule has 1 N–H and O–H groups in total. The number of nitrogens with zero attached hydrogens (tertiary/aromatic N) is 1. The van der Waals surface area contributed by atoms with Gasteiger partial charge in [0.1, 0.15) is 0 Å². The molecule has 1 aromatic rings. The van der Waals surface area contributed by atoms with Crippen molar-refractivity contribution in [2.75, 3.05) is 13.6 Å². The number of benzene rings is 1. The Bertz CT molecular complexity index is 417. The Morgan fingerprint density at radius 3 is 2.88 bits per heavy atom. The zero-order valence-corrected chi connectivity index (χ0v) is 10.6. The maximum absolute atomic E-state index is 10.5. The number of fused-ring (bicyclic) bond motifs is 3. The van der Waals surface area contributed by atoms with Crippen molar-refractivity contribution < 1.29 is 5.11 Å². The predicted molar refractivity (Wildman–Crippen MR) is 69.1 cm³/mol. The van der Waals surface area contributed by atoms with Crippen LogP contribution in [0.4, 0.5) is 0 Å². The molecule has 1 heterocycles. The van der Waals surface area contributed by atoms with Crippen LogP contribution >= 0.6 is 0 Å². The summed E-state index contributed by atoms with van der Waals surface area (Å²) in [6.45, 7) is 3.18. The molecule has 1 aliphatic heterocycles. The van der Waals surface area contributed by atoms with Gasteiger partial charge in [-0.05, 0) is 36.9 Å². The largest absolute Gasteiger partial charge is 0.392 e. The second-order valence-corrected chi connectivity index (χ2v) is 5.74. The highest BCUT2D eigenvalue weighted by molar-refractivity contribution is 5.36. The van der Waals surface area contributed by atoms with Gasteiger partial charge in [-0.2, -0.15) is 0 Å². The molecule has 3 rings (SSSR count). The zero-order chi connectivity index (χ0) is 12.0. The third-order valence-corrected chi connectivity index (χ3v) is 4.63. The molecule has 2 heteroatoms. The Balaban J connectivity index is 2.03. The van der Waals surface area contributed by atoms with E-state index in [0.29, 0.717) is 17.9 Å². The average Bonchev–Trinajstić information content (AvgIpc) is 2.35. The molecule has 1 aliphatic carbocycles. The number of likely N-dealkylation sites (tertiary alicyclic amines) is 1. The first-order valence-corrected chi connectivity index (χ1v) is 6.64. The molecule has 0 unspecified atom stereocenters. The minimum Gasteiger partial charge on any atom is -0.392 e. The summed E-state index contributed by atoms with van der Waals surface area (Å²) in [7, 11) is 2.20. The summed E-state index contributed by atoms with van der Waals surface area (Å²) in [6.07, 6.45) is 2.16. The predicted octanol–water partition coefficient (Wildman–Crippen LogP) is 2.03. The van der Waals surface area contributed by atoms with Crippen LogP contribution in [0.25, 0.3) is 0 Å². The summed E-state index contributed by atoms with van der Waals surface area (Å²) in [5.74, 6) is 0.682. The van der Waals surface area contributed by atoms with Crippen molar-refractivity contribution in [3.8, 4) is 0 Å². The normalized spacial score (nSPS) is 37.4. The smallest absolute Gasteiger partial charge is 0.0661 e. The van der Waals surface area contributed by atoms with Crippen LogP contribution in [0, 0.1) is 5.92 Å². The molecule has 0 radical (unpaired) electrons. The van der Waals surface area contributed by atoms with Gasteiger partial charge in [-0.3, -0.25) is 0 Å². The lowest BCUT2D eigenvalue weighted by atomic mass is 9.70. The molecular formula is C15H21NO. The lowest BCUT2D eigenvalue weighted by molar-refractivity contribution is -0.0165. The van der Waals surface area contributed by atoms with Crippen molar-refractivity contribution in [1.82, 2.24) is 4.90 Å². The molecular weight excluding hydrogens is 210 g/mol. The molecule has 2 aliphatic rings. The molecule has 1 saturated heterocycles. The van der Waals surface area contributed by atoms with Crippen LogP contribution in [-0.4, -0.2) is 35.7 Å². The van der Waals surface area contributed by atoms with Crippen LogP contribution in [0.3, 0.4) is 0 Å². The molecule has 0 saturated carbocycles. The molecule has 0 aromatic heterocycles. The quantitative estimate of drug-likeness (QED) is 0.738. The third-order valence-electron chi connectivity index (χ3n) is 4.63. The zero-order valence-electron chi connectivity index (χ0n) is 10.6. The van der Waals surface area contributed by atoms with E-state index in [1.165, 1.54) is 17.5 Å². The monoisotopic (exact) mass is 231 g/mol. The van der Waals surface area contributed by atoms with Crippen molar-refractivity contribution in [3.63, 3.8) is 0 Å². The Hall–Kier alpha value is -0.860. The van der Waals surface area contributed by atoms with E-state index >= 15 is 0 Å². The topological polar surface area (TPSA) is 23.5 Å². The summed E-state index contributed by atoms with van der Waals surface area (Å²) >= 11 is 0. The molecule has 0 amide bonds. The van der Waals surface area contributed by atoms with Gasteiger partial charge in [0.05, 0.1) is 6.10 Å². The highest BCUT2D eigenvalue weighted by Crippen LogP contribution is 2.41. The molecule has 0 spiro atoms. The van der Waals surface area contributed by atoms with E-state index in [0.717, 1.165) is 13.0 Å². The first-order valence-electron chi connectivity index (χ1n) is 6.64. The van der Waals surface area contributed by atoms with E-state index in [-0.39, 0.29) is 6.10 Å². The SMILES string of the molecule is C[C@@H]1CN(C)[C@@H]2CCc3ccccc3[C@H]2[C@H]1O. The summed E-state index contributed by atoms with van der Waals surface area (Å²) in [6, 6.07) is 9.17. The van der Waals surface area contributed by atoms with Crippen LogP contribution in [0.5, 0.6) is 0 Å². The standard InChI is InChI=1S/C15H21NO/c1-10-9-16(2)13-8-7-11-5-3-4-6-12(11)14(13)15(10)17/h3-6,10,13-15,17H,7-9H2,1-2H3/t10-,13-,14-,15+/m1/s1. The first kappa shape index (κ1) is 11.2. The molecule has 2 nitrogen and oxygen atoms in total. The van der Waals surface area contributed by atoms with Crippen molar-refractivity contribution >= 4 is 0 Å². The van der Waals surface area contributed by atoms with Crippen LogP contribution in [0.2, 0.25) is 0 Å². The number of hydrogen-bond acceptors (Lipinski definition) is 2. The van der Waals surface area contributed by atoms with E-state index in [4.69, 9.17) is 0 Å². The molecule has 1 aromatic carbocycles. The van der Waals surface area contributed by atoms with Gasteiger partial charge in [0.25, 0.3) is 0 Å². The van der Waals surface area contributed by atoms with E-state index < -0.39 is 0 Å². The maximum atomic E-state index is 10.5. The highest BCUT2D eigenvalue weighted by Gasteiger charge is 2.42. The van der Waals surface area contributed by atoms with E-state index in [9.17, 15) is 5.11 Å². The number of aliphatic hydroxyl groups excluding tert-OH is 1. The molecule has 92 valence electrons. The Kier molecular flexibility index (Phi) is 2.72. The number of piperidine rings is 1.